The molecule has 2 fully saturated rings. The molecule has 2 N–H and O–H groups in total. The highest BCUT2D eigenvalue weighted by atomic mass is 16.5. The number of amides is 2. The van der Waals surface area contributed by atoms with Crippen LogP contribution in [0.5, 0.6) is 0 Å². The molecule has 138 valence electrons. The average Bonchev–Trinajstić information content (AvgIpc) is 3.12. The highest BCUT2D eigenvalue weighted by Gasteiger charge is 2.32. The van der Waals surface area contributed by atoms with Crippen LogP contribution in [0.15, 0.2) is 30.3 Å². The molecule has 5 nitrogen and oxygen atoms in total. The third kappa shape index (κ3) is 4.95. The molecule has 0 spiro atoms. The van der Waals surface area contributed by atoms with E-state index < -0.39 is 0 Å². The fourth-order valence-electron chi connectivity index (χ4n) is 3.85. The van der Waals surface area contributed by atoms with Crippen LogP contribution >= 0.6 is 0 Å². The molecular formula is C20H30N2O3. The molecule has 1 aromatic carbocycles. The largest absolute Gasteiger partial charge is 0.393 e. The van der Waals surface area contributed by atoms with Gasteiger partial charge in [-0.15, -0.1) is 0 Å². The Morgan fingerprint density at radius 3 is 2.76 bits per heavy atom. The van der Waals surface area contributed by atoms with Gasteiger partial charge in [-0.25, -0.2) is 4.79 Å². The molecule has 1 saturated heterocycles. The first-order valence-corrected chi connectivity index (χ1v) is 9.52. The molecule has 1 heterocycles. The van der Waals surface area contributed by atoms with Gasteiger partial charge < -0.3 is 20.1 Å². The predicted octanol–water partition coefficient (Wildman–Crippen LogP) is 2.93. The van der Waals surface area contributed by atoms with Crippen molar-refractivity contribution in [2.45, 2.75) is 63.9 Å². The Balaban J connectivity index is 1.51. The molecule has 0 unspecified atom stereocenters. The molecule has 4 atom stereocenters. The Kier molecular flexibility index (Phi) is 6.32. The summed E-state index contributed by atoms with van der Waals surface area (Å²) in [7, 11) is 0. The van der Waals surface area contributed by atoms with Crippen molar-refractivity contribution in [3.8, 4) is 0 Å². The van der Waals surface area contributed by atoms with Crippen LogP contribution in [0.25, 0.3) is 0 Å². The molecule has 1 aromatic rings. The highest BCUT2D eigenvalue weighted by molar-refractivity contribution is 5.75. The van der Waals surface area contributed by atoms with Crippen molar-refractivity contribution in [3.05, 3.63) is 35.9 Å². The Morgan fingerprint density at radius 2 is 2.04 bits per heavy atom. The second kappa shape index (κ2) is 8.68. The van der Waals surface area contributed by atoms with Crippen LogP contribution in [0, 0.1) is 5.92 Å². The standard InChI is InChI=1S/C20H30N2O3/c1-15(23)17-11-12-22(13-17)20(24)21-18-9-5-6-10-19(18)25-14-16-7-3-2-4-8-16/h2-4,7-8,15,17-19,23H,5-6,9-14H2,1H3,(H,21,24)/t15-,17+,18-,19-/m0/s1. The number of hydrogen-bond acceptors (Lipinski definition) is 3. The van der Waals surface area contributed by atoms with Crippen molar-refractivity contribution in [2.75, 3.05) is 13.1 Å². The third-order valence-corrected chi connectivity index (χ3v) is 5.51. The van der Waals surface area contributed by atoms with Gasteiger partial charge in [0.15, 0.2) is 0 Å². The highest BCUT2D eigenvalue weighted by Crippen LogP contribution is 2.24. The number of nitrogens with zero attached hydrogens (tertiary/aromatic N) is 1. The van der Waals surface area contributed by atoms with Gasteiger partial charge in [0.1, 0.15) is 0 Å². The molecule has 1 aliphatic heterocycles. The number of ether oxygens (including phenoxy) is 1. The van der Waals surface area contributed by atoms with E-state index in [-0.39, 0.29) is 30.2 Å². The van der Waals surface area contributed by atoms with E-state index in [4.69, 9.17) is 4.74 Å². The monoisotopic (exact) mass is 346 g/mol. The van der Waals surface area contributed by atoms with Crippen molar-refractivity contribution in [2.24, 2.45) is 5.92 Å². The molecule has 0 aromatic heterocycles. The smallest absolute Gasteiger partial charge is 0.317 e. The molecule has 1 saturated carbocycles. The molecule has 25 heavy (non-hydrogen) atoms. The maximum Gasteiger partial charge on any atom is 0.317 e. The van der Waals surface area contributed by atoms with Gasteiger partial charge in [-0.1, -0.05) is 43.2 Å². The first-order chi connectivity index (χ1) is 12.1. The summed E-state index contributed by atoms with van der Waals surface area (Å²) in [5.74, 6) is 0.197. The van der Waals surface area contributed by atoms with Gasteiger partial charge in [0, 0.05) is 19.0 Å². The number of nitrogens with one attached hydrogen (secondary N) is 1. The van der Waals surface area contributed by atoms with Crippen molar-refractivity contribution < 1.29 is 14.6 Å². The summed E-state index contributed by atoms with van der Waals surface area (Å²) < 4.78 is 6.13. The number of carbonyl (C=O) groups is 1. The Bertz CT molecular complexity index is 549. The Hall–Kier alpha value is -1.59. The summed E-state index contributed by atoms with van der Waals surface area (Å²) in [6.07, 6.45) is 4.85. The van der Waals surface area contributed by atoms with Gasteiger partial charge in [-0.3, -0.25) is 0 Å². The molecule has 0 bridgehead atoms. The van der Waals surface area contributed by atoms with Crippen LogP contribution in [0.4, 0.5) is 4.79 Å². The predicted molar refractivity (Wildman–Crippen MR) is 97.2 cm³/mol. The summed E-state index contributed by atoms with van der Waals surface area (Å²) in [5.41, 5.74) is 1.16. The van der Waals surface area contributed by atoms with Crippen LogP contribution in [0.3, 0.4) is 0 Å². The summed E-state index contributed by atoms with van der Waals surface area (Å²) in [6, 6.07) is 10.2. The van der Waals surface area contributed by atoms with Crippen molar-refractivity contribution in [1.82, 2.24) is 10.2 Å². The summed E-state index contributed by atoms with van der Waals surface area (Å²) in [4.78, 5) is 14.4. The SMILES string of the molecule is C[C@H](O)[C@@H]1CCN(C(=O)N[C@H]2CCCC[C@@H]2OCc2ccccc2)C1. The molecule has 5 heteroatoms. The lowest BCUT2D eigenvalue weighted by Gasteiger charge is -2.33. The van der Waals surface area contributed by atoms with Crippen LogP contribution in [-0.2, 0) is 11.3 Å². The maximum absolute atomic E-state index is 12.6. The minimum absolute atomic E-state index is 0.0108. The van der Waals surface area contributed by atoms with E-state index in [0.29, 0.717) is 13.2 Å². The molecule has 2 aliphatic rings. The quantitative estimate of drug-likeness (QED) is 0.862. The van der Waals surface area contributed by atoms with Gasteiger partial charge in [0.25, 0.3) is 0 Å². The molecule has 1 aliphatic carbocycles. The maximum atomic E-state index is 12.6. The summed E-state index contributed by atoms with van der Waals surface area (Å²) in [5, 5.41) is 12.9. The number of carbonyl (C=O) groups excluding carboxylic acids is 1. The molecule has 0 radical (unpaired) electrons. The normalized spacial score (nSPS) is 27.9. The van der Waals surface area contributed by atoms with Gasteiger partial charge in [0.2, 0.25) is 0 Å². The summed E-state index contributed by atoms with van der Waals surface area (Å²) >= 11 is 0. The fourth-order valence-corrected chi connectivity index (χ4v) is 3.85. The van der Waals surface area contributed by atoms with Crippen LogP contribution in [0.1, 0.15) is 44.6 Å². The van der Waals surface area contributed by atoms with Gasteiger partial charge >= 0.3 is 6.03 Å². The first kappa shape index (κ1) is 18.2. The van der Waals surface area contributed by atoms with Crippen LogP contribution < -0.4 is 5.32 Å². The van der Waals surface area contributed by atoms with E-state index in [1.54, 1.807) is 6.92 Å². The number of aliphatic hydroxyl groups is 1. The Morgan fingerprint density at radius 1 is 1.28 bits per heavy atom. The molecule has 2 amide bonds. The van der Waals surface area contributed by atoms with Crippen molar-refractivity contribution in [3.63, 3.8) is 0 Å². The zero-order chi connectivity index (χ0) is 17.6. The first-order valence-electron chi connectivity index (χ1n) is 9.52. The fraction of sp³-hybridized carbons (Fsp3) is 0.650. The van der Waals surface area contributed by atoms with E-state index in [1.807, 2.05) is 23.1 Å². The number of likely N-dealkylation sites (tertiary alicyclic amines) is 1. The number of hydrogen-bond donors (Lipinski definition) is 2. The minimum Gasteiger partial charge on any atom is -0.393 e. The van der Waals surface area contributed by atoms with Crippen molar-refractivity contribution in [1.29, 1.82) is 0 Å². The zero-order valence-electron chi connectivity index (χ0n) is 15.1. The van der Waals surface area contributed by atoms with Gasteiger partial charge in [-0.05, 0) is 31.7 Å². The minimum atomic E-state index is -0.352. The van der Waals surface area contributed by atoms with E-state index in [9.17, 15) is 9.90 Å². The lowest BCUT2D eigenvalue weighted by atomic mass is 9.92. The Labute approximate surface area is 150 Å². The van der Waals surface area contributed by atoms with Crippen LogP contribution in [0.2, 0.25) is 0 Å². The third-order valence-electron chi connectivity index (χ3n) is 5.51. The molecular weight excluding hydrogens is 316 g/mol. The topological polar surface area (TPSA) is 61.8 Å². The summed E-state index contributed by atoms with van der Waals surface area (Å²) in [6.45, 7) is 3.77. The van der Waals surface area contributed by atoms with E-state index >= 15 is 0 Å². The van der Waals surface area contributed by atoms with E-state index in [1.165, 1.54) is 0 Å². The van der Waals surface area contributed by atoms with E-state index in [2.05, 4.69) is 17.4 Å². The van der Waals surface area contributed by atoms with Crippen LogP contribution in [-0.4, -0.2) is 47.4 Å². The number of urea groups is 1. The average molecular weight is 346 g/mol. The lowest BCUT2D eigenvalue weighted by Crippen LogP contribution is -2.50. The van der Waals surface area contributed by atoms with Gasteiger partial charge in [-0.2, -0.15) is 0 Å². The lowest BCUT2D eigenvalue weighted by molar-refractivity contribution is -0.00368. The molecule has 3 rings (SSSR count). The van der Waals surface area contributed by atoms with Crippen molar-refractivity contribution >= 4 is 6.03 Å². The zero-order valence-corrected chi connectivity index (χ0v) is 15.1. The second-order valence-electron chi connectivity index (χ2n) is 7.41. The number of aliphatic hydroxyl groups excluding tert-OH is 1. The van der Waals surface area contributed by atoms with Gasteiger partial charge in [0.05, 0.1) is 24.9 Å². The van der Waals surface area contributed by atoms with E-state index in [0.717, 1.165) is 44.2 Å². The second-order valence-corrected chi connectivity index (χ2v) is 7.41. The number of rotatable bonds is 5. The number of benzene rings is 1.